The van der Waals surface area contributed by atoms with E-state index in [9.17, 15) is 13.6 Å². The Labute approximate surface area is 141 Å². The summed E-state index contributed by atoms with van der Waals surface area (Å²) in [5, 5.41) is 6.69. The van der Waals surface area contributed by atoms with Gasteiger partial charge < -0.3 is 10.1 Å². The molecular weight excluding hydrogens is 328 g/mol. The van der Waals surface area contributed by atoms with Crippen molar-refractivity contribution in [2.45, 2.75) is 0 Å². The molecule has 7 heteroatoms. The van der Waals surface area contributed by atoms with Crippen molar-refractivity contribution < 1.29 is 18.3 Å². The number of aromatic nitrogens is 2. The van der Waals surface area contributed by atoms with E-state index >= 15 is 0 Å². The lowest BCUT2D eigenvalue weighted by Crippen LogP contribution is -2.26. The molecule has 2 aromatic carbocycles. The van der Waals surface area contributed by atoms with E-state index in [4.69, 9.17) is 4.74 Å². The SMILES string of the molecule is Cn1ncc(-c2ccc3c(c2F)NC(=O)CO3)c1-c1ccc(F)cc1. The quantitative estimate of drug-likeness (QED) is 0.778. The molecule has 0 saturated carbocycles. The second-order valence-corrected chi connectivity index (χ2v) is 5.67. The minimum atomic E-state index is -0.595. The summed E-state index contributed by atoms with van der Waals surface area (Å²) in [4.78, 5) is 11.5. The molecule has 2 heterocycles. The van der Waals surface area contributed by atoms with Crippen LogP contribution >= 0.6 is 0 Å². The minimum Gasteiger partial charge on any atom is -0.481 e. The van der Waals surface area contributed by atoms with Crippen molar-refractivity contribution in [3.05, 3.63) is 54.2 Å². The van der Waals surface area contributed by atoms with Crippen LogP contribution in [0.25, 0.3) is 22.4 Å². The number of rotatable bonds is 2. The maximum absolute atomic E-state index is 15.0. The Morgan fingerprint density at radius 2 is 1.88 bits per heavy atom. The summed E-state index contributed by atoms with van der Waals surface area (Å²) in [5.41, 5.74) is 2.17. The number of anilines is 1. The smallest absolute Gasteiger partial charge is 0.262 e. The summed E-state index contributed by atoms with van der Waals surface area (Å²) in [6.45, 7) is -0.139. The fraction of sp³-hybridized carbons (Fsp3) is 0.111. The molecule has 0 saturated heterocycles. The van der Waals surface area contributed by atoms with E-state index in [1.165, 1.54) is 18.3 Å². The van der Waals surface area contributed by atoms with Gasteiger partial charge in [0.05, 0.1) is 11.9 Å². The molecule has 126 valence electrons. The van der Waals surface area contributed by atoms with Crippen LogP contribution in [-0.2, 0) is 11.8 Å². The average Bonchev–Trinajstić information content (AvgIpc) is 2.98. The Bertz CT molecular complexity index is 981. The van der Waals surface area contributed by atoms with E-state index < -0.39 is 11.7 Å². The number of hydrogen-bond donors (Lipinski definition) is 1. The van der Waals surface area contributed by atoms with Gasteiger partial charge in [-0.25, -0.2) is 8.78 Å². The molecular formula is C18H13F2N3O2. The van der Waals surface area contributed by atoms with Gasteiger partial charge in [-0.2, -0.15) is 5.10 Å². The van der Waals surface area contributed by atoms with Gasteiger partial charge in [-0.1, -0.05) is 0 Å². The molecule has 0 aliphatic carbocycles. The largest absolute Gasteiger partial charge is 0.481 e. The number of nitrogens with one attached hydrogen (secondary N) is 1. The molecule has 0 fully saturated rings. The fourth-order valence-electron chi connectivity index (χ4n) is 2.91. The highest BCUT2D eigenvalue weighted by molar-refractivity contribution is 5.97. The lowest BCUT2D eigenvalue weighted by atomic mass is 10.00. The topological polar surface area (TPSA) is 56.2 Å². The predicted octanol–water partition coefficient (Wildman–Crippen LogP) is 3.36. The van der Waals surface area contributed by atoms with Crippen LogP contribution in [0.5, 0.6) is 5.75 Å². The van der Waals surface area contributed by atoms with Gasteiger partial charge in [-0.3, -0.25) is 9.48 Å². The molecule has 1 amide bonds. The maximum Gasteiger partial charge on any atom is 0.262 e. The minimum absolute atomic E-state index is 0.0164. The fourth-order valence-corrected chi connectivity index (χ4v) is 2.91. The van der Waals surface area contributed by atoms with E-state index in [1.807, 2.05) is 0 Å². The van der Waals surface area contributed by atoms with Crippen molar-refractivity contribution in [1.29, 1.82) is 0 Å². The van der Waals surface area contributed by atoms with Gasteiger partial charge in [0, 0.05) is 23.7 Å². The third-order valence-electron chi connectivity index (χ3n) is 4.07. The number of hydrogen-bond acceptors (Lipinski definition) is 3. The van der Waals surface area contributed by atoms with E-state index in [1.54, 1.807) is 36.0 Å². The first-order valence-electron chi connectivity index (χ1n) is 7.58. The van der Waals surface area contributed by atoms with Crippen molar-refractivity contribution in [2.24, 2.45) is 7.05 Å². The molecule has 1 N–H and O–H groups in total. The summed E-state index contributed by atoms with van der Waals surface area (Å²) in [7, 11) is 1.73. The summed E-state index contributed by atoms with van der Waals surface area (Å²) >= 11 is 0. The van der Waals surface area contributed by atoms with Crippen LogP contribution < -0.4 is 10.1 Å². The van der Waals surface area contributed by atoms with Gasteiger partial charge in [0.1, 0.15) is 17.3 Å². The van der Waals surface area contributed by atoms with Crippen LogP contribution in [0.4, 0.5) is 14.5 Å². The Kier molecular flexibility index (Phi) is 3.49. The summed E-state index contributed by atoms with van der Waals surface area (Å²) in [6, 6.07) is 9.07. The van der Waals surface area contributed by atoms with Crippen LogP contribution in [0.3, 0.4) is 0 Å². The van der Waals surface area contributed by atoms with Gasteiger partial charge in [0.15, 0.2) is 12.4 Å². The highest BCUT2D eigenvalue weighted by Crippen LogP contribution is 2.39. The molecule has 4 rings (SSSR count). The molecule has 5 nitrogen and oxygen atoms in total. The third-order valence-corrected chi connectivity index (χ3v) is 4.07. The van der Waals surface area contributed by atoms with E-state index in [0.29, 0.717) is 16.8 Å². The molecule has 0 radical (unpaired) electrons. The van der Waals surface area contributed by atoms with Crippen LogP contribution in [0.15, 0.2) is 42.6 Å². The van der Waals surface area contributed by atoms with Gasteiger partial charge in [0.2, 0.25) is 0 Å². The second kappa shape index (κ2) is 5.70. The molecule has 25 heavy (non-hydrogen) atoms. The monoisotopic (exact) mass is 341 g/mol. The average molecular weight is 341 g/mol. The first-order chi connectivity index (χ1) is 12.0. The number of fused-ring (bicyclic) bond motifs is 1. The molecule has 0 unspecified atom stereocenters. The summed E-state index contributed by atoms with van der Waals surface area (Å²) < 4.78 is 35.0. The zero-order valence-electron chi connectivity index (χ0n) is 13.2. The van der Waals surface area contributed by atoms with Crippen molar-refractivity contribution in [3.63, 3.8) is 0 Å². The van der Waals surface area contributed by atoms with Gasteiger partial charge >= 0.3 is 0 Å². The Hall–Kier alpha value is -3.22. The van der Waals surface area contributed by atoms with Gasteiger partial charge in [0.25, 0.3) is 5.91 Å². The summed E-state index contributed by atoms with van der Waals surface area (Å²) in [5.74, 6) is -1.07. The normalized spacial score (nSPS) is 13.2. The molecule has 0 spiro atoms. The number of amides is 1. The zero-order valence-corrected chi connectivity index (χ0v) is 13.2. The van der Waals surface area contributed by atoms with Crippen molar-refractivity contribution in [3.8, 4) is 28.1 Å². The van der Waals surface area contributed by atoms with Crippen LogP contribution in [0, 0.1) is 11.6 Å². The van der Waals surface area contributed by atoms with Gasteiger partial charge in [-0.05, 0) is 36.4 Å². The lowest BCUT2D eigenvalue weighted by molar-refractivity contribution is -0.118. The van der Waals surface area contributed by atoms with E-state index in [-0.39, 0.29) is 29.4 Å². The van der Waals surface area contributed by atoms with Crippen molar-refractivity contribution >= 4 is 11.6 Å². The highest BCUT2D eigenvalue weighted by atomic mass is 19.1. The van der Waals surface area contributed by atoms with E-state index in [0.717, 1.165) is 0 Å². The molecule has 1 aromatic heterocycles. The highest BCUT2D eigenvalue weighted by Gasteiger charge is 2.24. The number of carbonyl (C=O) groups is 1. The number of nitrogens with zero attached hydrogens (tertiary/aromatic N) is 2. The number of halogens is 2. The summed E-state index contributed by atoms with van der Waals surface area (Å²) in [6.07, 6.45) is 1.54. The Morgan fingerprint density at radius 1 is 1.12 bits per heavy atom. The zero-order chi connectivity index (χ0) is 17.6. The van der Waals surface area contributed by atoms with Crippen molar-refractivity contribution in [1.82, 2.24) is 9.78 Å². The Morgan fingerprint density at radius 3 is 2.64 bits per heavy atom. The third kappa shape index (κ3) is 2.53. The number of carbonyl (C=O) groups excluding carboxylic acids is 1. The number of benzene rings is 2. The van der Waals surface area contributed by atoms with Crippen molar-refractivity contribution in [2.75, 3.05) is 11.9 Å². The molecule has 1 aliphatic heterocycles. The molecule has 0 bridgehead atoms. The molecule has 1 aliphatic rings. The van der Waals surface area contributed by atoms with E-state index in [2.05, 4.69) is 10.4 Å². The number of ether oxygens (including phenoxy) is 1. The maximum atomic E-state index is 15.0. The standard InChI is InChI=1S/C18H13F2N3O2/c1-23-18(10-2-4-11(19)5-3-10)13(8-21-23)12-6-7-14-17(16(12)20)22-15(24)9-25-14/h2-8H,9H2,1H3,(H,22,24). The van der Waals surface area contributed by atoms with Crippen LogP contribution in [-0.4, -0.2) is 22.3 Å². The number of aryl methyl sites for hydroxylation is 1. The van der Waals surface area contributed by atoms with Gasteiger partial charge in [-0.15, -0.1) is 0 Å². The van der Waals surface area contributed by atoms with Crippen LogP contribution in [0.2, 0.25) is 0 Å². The Balaban J connectivity index is 1.88. The first kappa shape index (κ1) is 15.3. The van der Waals surface area contributed by atoms with Crippen LogP contribution in [0.1, 0.15) is 0 Å². The predicted molar refractivity (Wildman–Crippen MR) is 88.1 cm³/mol. The lowest BCUT2D eigenvalue weighted by Gasteiger charge is -2.19. The first-order valence-corrected chi connectivity index (χ1v) is 7.58. The molecule has 3 aromatic rings. The second-order valence-electron chi connectivity index (χ2n) is 5.67. The molecule has 0 atom stereocenters.